The molecule has 2 aliphatic rings. The Labute approximate surface area is 99.5 Å². The minimum absolute atomic E-state index is 0.0565. The third kappa shape index (κ3) is 1.25. The van der Waals surface area contributed by atoms with Gasteiger partial charge in [-0.25, -0.2) is 0 Å². The van der Waals surface area contributed by atoms with Crippen LogP contribution in [0.1, 0.15) is 11.7 Å². The van der Waals surface area contributed by atoms with Crippen molar-refractivity contribution in [2.24, 2.45) is 5.92 Å². The van der Waals surface area contributed by atoms with Crippen molar-refractivity contribution in [3.8, 4) is 0 Å². The van der Waals surface area contributed by atoms with Crippen molar-refractivity contribution >= 4 is 10.8 Å². The molecule has 0 spiro atoms. The van der Waals surface area contributed by atoms with Gasteiger partial charge >= 0.3 is 0 Å². The summed E-state index contributed by atoms with van der Waals surface area (Å²) in [6.07, 6.45) is 3.94. The molecule has 1 saturated heterocycles. The molecule has 4 rings (SSSR count). The third-order valence-electron chi connectivity index (χ3n) is 3.59. The summed E-state index contributed by atoms with van der Waals surface area (Å²) in [7, 11) is 0. The maximum atomic E-state index is 5.77. The van der Waals surface area contributed by atoms with Gasteiger partial charge in [0.1, 0.15) is 0 Å². The maximum Gasteiger partial charge on any atom is 0.208 e. The summed E-state index contributed by atoms with van der Waals surface area (Å²) in [6.45, 7) is 0. The van der Waals surface area contributed by atoms with Crippen LogP contribution in [0.3, 0.4) is 0 Å². The van der Waals surface area contributed by atoms with Gasteiger partial charge in [-0.05, 0) is 22.4 Å². The first-order valence-corrected chi connectivity index (χ1v) is 5.89. The van der Waals surface area contributed by atoms with Gasteiger partial charge in [-0.15, -0.1) is 0 Å². The Morgan fingerprint density at radius 3 is 2.76 bits per heavy atom. The molecule has 0 aromatic heterocycles. The van der Waals surface area contributed by atoms with Crippen LogP contribution in [0.4, 0.5) is 0 Å². The van der Waals surface area contributed by atoms with E-state index >= 15 is 0 Å². The lowest BCUT2D eigenvalue weighted by Crippen LogP contribution is -2.39. The van der Waals surface area contributed by atoms with E-state index in [0.29, 0.717) is 5.92 Å². The number of fused-ring (bicyclic) bond motifs is 2. The van der Waals surface area contributed by atoms with Gasteiger partial charge in [0.05, 0.1) is 18.3 Å². The maximum absolute atomic E-state index is 5.77. The van der Waals surface area contributed by atoms with E-state index in [9.17, 15) is 0 Å². The number of hydrogen-bond acceptors (Lipinski definition) is 2. The van der Waals surface area contributed by atoms with E-state index in [2.05, 4.69) is 48.5 Å². The SMILES string of the molecule is C1=C[C@H]2C(c3cccc4ccccc34)O[C@H]2O1. The number of hydrogen-bond donors (Lipinski definition) is 0. The molecule has 3 atom stereocenters. The summed E-state index contributed by atoms with van der Waals surface area (Å²) in [6, 6.07) is 14.8. The fraction of sp³-hybridized carbons (Fsp3) is 0.200. The highest BCUT2D eigenvalue weighted by atomic mass is 16.7. The molecular weight excluding hydrogens is 212 g/mol. The first-order chi connectivity index (χ1) is 8.43. The number of rotatable bonds is 1. The lowest BCUT2D eigenvalue weighted by Gasteiger charge is -2.39. The van der Waals surface area contributed by atoms with E-state index < -0.39 is 0 Å². The number of ether oxygens (including phenoxy) is 2. The number of benzene rings is 2. The second-order valence-electron chi connectivity index (χ2n) is 4.54. The lowest BCUT2D eigenvalue weighted by molar-refractivity contribution is -0.257. The van der Waals surface area contributed by atoms with Gasteiger partial charge in [-0.3, -0.25) is 0 Å². The molecule has 1 fully saturated rings. The molecule has 2 heteroatoms. The first-order valence-electron chi connectivity index (χ1n) is 5.89. The highest BCUT2D eigenvalue weighted by Crippen LogP contribution is 2.46. The molecule has 0 radical (unpaired) electrons. The van der Waals surface area contributed by atoms with Crippen LogP contribution in [0.5, 0.6) is 0 Å². The molecule has 2 aliphatic heterocycles. The summed E-state index contributed by atoms with van der Waals surface area (Å²) in [5.74, 6) is 0.376. The van der Waals surface area contributed by atoms with E-state index in [-0.39, 0.29) is 12.4 Å². The average molecular weight is 224 g/mol. The Balaban J connectivity index is 1.83. The molecule has 84 valence electrons. The summed E-state index contributed by atoms with van der Waals surface area (Å²) in [4.78, 5) is 0. The van der Waals surface area contributed by atoms with Crippen LogP contribution in [0.2, 0.25) is 0 Å². The Morgan fingerprint density at radius 2 is 1.82 bits per heavy atom. The van der Waals surface area contributed by atoms with Gasteiger partial charge < -0.3 is 9.47 Å². The monoisotopic (exact) mass is 224 g/mol. The Morgan fingerprint density at radius 1 is 0.941 bits per heavy atom. The Hall–Kier alpha value is -1.80. The standard InChI is InChI=1S/C15H12O2/c1-2-6-11-10(4-1)5-3-7-12(11)14-13-8-9-16-15(13)17-14/h1-9,13-15H/t13-,14?,15+/m0/s1. The Kier molecular flexibility index (Phi) is 1.82. The predicted octanol–water partition coefficient (Wildman–Crippen LogP) is 3.40. The van der Waals surface area contributed by atoms with Crippen LogP contribution in [-0.4, -0.2) is 6.29 Å². The van der Waals surface area contributed by atoms with Gasteiger partial charge in [-0.2, -0.15) is 0 Å². The molecule has 1 unspecified atom stereocenters. The van der Waals surface area contributed by atoms with Gasteiger partial charge in [0.25, 0.3) is 0 Å². The zero-order valence-corrected chi connectivity index (χ0v) is 9.24. The summed E-state index contributed by atoms with van der Waals surface area (Å²) in [5.41, 5.74) is 1.26. The molecule has 2 aromatic carbocycles. The van der Waals surface area contributed by atoms with Crippen LogP contribution in [0.15, 0.2) is 54.8 Å². The second kappa shape index (κ2) is 3.34. The molecular formula is C15H12O2. The van der Waals surface area contributed by atoms with Crippen molar-refractivity contribution in [1.29, 1.82) is 0 Å². The molecule has 0 amide bonds. The molecule has 0 N–H and O–H groups in total. The second-order valence-corrected chi connectivity index (χ2v) is 4.54. The van der Waals surface area contributed by atoms with E-state index in [0.717, 1.165) is 0 Å². The minimum atomic E-state index is -0.0565. The molecule has 17 heavy (non-hydrogen) atoms. The lowest BCUT2D eigenvalue weighted by atomic mass is 9.88. The summed E-state index contributed by atoms with van der Waals surface area (Å²) >= 11 is 0. The van der Waals surface area contributed by atoms with Gasteiger partial charge in [0, 0.05) is 0 Å². The van der Waals surface area contributed by atoms with Crippen molar-refractivity contribution in [2.75, 3.05) is 0 Å². The van der Waals surface area contributed by atoms with Gasteiger partial charge in [-0.1, -0.05) is 42.5 Å². The zero-order chi connectivity index (χ0) is 11.2. The van der Waals surface area contributed by atoms with E-state index in [1.165, 1.54) is 16.3 Å². The molecule has 2 heterocycles. The van der Waals surface area contributed by atoms with E-state index in [4.69, 9.17) is 9.47 Å². The van der Waals surface area contributed by atoms with Gasteiger partial charge in [0.2, 0.25) is 6.29 Å². The topological polar surface area (TPSA) is 18.5 Å². The largest absolute Gasteiger partial charge is 0.472 e. The van der Waals surface area contributed by atoms with E-state index in [1.807, 2.05) is 0 Å². The highest BCUT2D eigenvalue weighted by molar-refractivity contribution is 5.86. The van der Waals surface area contributed by atoms with Crippen molar-refractivity contribution < 1.29 is 9.47 Å². The van der Waals surface area contributed by atoms with Crippen LogP contribution in [0.25, 0.3) is 10.8 Å². The smallest absolute Gasteiger partial charge is 0.208 e. The molecule has 0 saturated carbocycles. The average Bonchev–Trinajstić information content (AvgIpc) is 2.71. The van der Waals surface area contributed by atoms with Crippen LogP contribution in [-0.2, 0) is 9.47 Å². The molecule has 2 aromatic rings. The van der Waals surface area contributed by atoms with Crippen LogP contribution in [0, 0.1) is 5.92 Å². The Bertz CT molecular complexity index is 597. The highest BCUT2D eigenvalue weighted by Gasteiger charge is 2.46. The summed E-state index contributed by atoms with van der Waals surface area (Å²) in [5, 5.41) is 2.54. The van der Waals surface area contributed by atoms with Crippen molar-refractivity contribution in [3.63, 3.8) is 0 Å². The quantitative estimate of drug-likeness (QED) is 0.739. The summed E-state index contributed by atoms with van der Waals surface area (Å²) < 4.78 is 11.1. The fourth-order valence-corrected chi connectivity index (χ4v) is 2.69. The van der Waals surface area contributed by atoms with Crippen LogP contribution < -0.4 is 0 Å². The fourth-order valence-electron chi connectivity index (χ4n) is 2.69. The molecule has 0 bridgehead atoms. The van der Waals surface area contributed by atoms with Crippen molar-refractivity contribution in [2.45, 2.75) is 12.4 Å². The molecule has 0 aliphatic carbocycles. The molecule has 2 nitrogen and oxygen atoms in total. The van der Waals surface area contributed by atoms with Crippen LogP contribution >= 0.6 is 0 Å². The van der Waals surface area contributed by atoms with E-state index in [1.54, 1.807) is 6.26 Å². The van der Waals surface area contributed by atoms with Crippen molar-refractivity contribution in [3.05, 3.63) is 60.4 Å². The van der Waals surface area contributed by atoms with Gasteiger partial charge in [0.15, 0.2) is 0 Å². The zero-order valence-electron chi connectivity index (χ0n) is 9.24. The predicted molar refractivity (Wildman–Crippen MR) is 65.3 cm³/mol. The third-order valence-corrected chi connectivity index (χ3v) is 3.59. The van der Waals surface area contributed by atoms with Crippen molar-refractivity contribution in [1.82, 2.24) is 0 Å². The normalized spacial score (nSPS) is 29.8. The minimum Gasteiger partial charge on any atom is -0.472 e. The first kappa shape index (κ1) is 9.25.